The molecule has 7 nitrogen and oxygen atoms in total. The molecule has 2 heterocycles. The number of nitro groups is 1. The predicted octanol–water partition coefficient (Wildman–Crippen LogP) is 2.80. The van der Waals surface area contributed by atoms with Crippen LogP contribution in [-0.2, 0) is 10.0 Å². The topological polar surface area (TPSA) is 83.8 Å². The van der Waals surface area contributed by atoms with Crippen LogP contribution >= 0.6 is 0 Å². The van der Waals surface area contributed by atoms with E-state index in [1.807, 2.05) is 13.0 Å². The second kappa shape index (κ2) is 6.61. The van der Waals surface area contributed by atoms with Crippen molar-refractivity contribution in [2.75, 3.05) is 24.5 Å². The lowest BCUT2D eigenvalue weighted by atomic mass is 10.1. The second-order valence-corrected chi connectivity index (χ2v) is 9.16. The van der Waals surface area contributed by atoms with Gasteiger partial charge in [-0.3, -0.25) is 10.1 Å². The van der Waals surface area contributed by atoms with Gasteiger partial charge in [0.05, 0.1) is 9.82 Å². The van der Waals surface area contributed by atoms with E-state index in [9.17, 15) is 18.5 Å². The van der Waals surface area contributed by atoms with E-state index in [-0.39, 0.29) is 17.6 Å². The van der Waals surface area contributed by atoms with Crippen LogP contribution < -0.4 is 4.90 Å². The van der Waals surface area contributed by atoms with Crippen molar-refractivity contribution < 1.29 is 13.3 Å². The van der Waals surface area contributed by atoms with Crippen LogP contribution in [0.25, 0.3) is 0 Å². The minimum Gasteiger partial charge on any atom is -0.367 e. The van der Waals surface area contributed by atoms with Gasteiger partial charge in [0, 0.05) is 43.5 Å². The Bertz CT molecular complexity index is 975. The summed E-state index contributed by atoms with van der Waals surface area (Å²) in [6, 6.07) is 13.5. The van der Waals surface area contributed by atoms with Gasteiger partial charge in [0.1, 0.15) is 0 Å². The molecule has 0 N–H and O–H groups in total. The van der Waals surface area contributed by atoms with Gasteiger partial charge in [0.15, 0.2) is 0 Å². The van der Waals surface area contributed by atoms with Crippen molar-refractivity contribution in [1.82, 2.24) is 4.31 Å². The molecule has 4 rings (SSSR count). The van der Waals surface area contributed by atoms with Crippen LogP contribution in [0.15, 0.2) is 53.4 Å². The van der Waals surface area contributed by atoms with Gasteiger partial charge in [-0.25, -0.2) is 8.42 Å². The molecular formula is C19H21N3O4S. The minimum atomic E-state index is -3.53. The molecule has 0 aliphatic carbocycles. The Kier molecular flexibility index (Phi) is 4.39. The Balaban J connectivity index is 1.57. The summed E-state index contributed by atoms with van der Waals surface area (Å²) in [4.78, 5) is 13.1. The number of anilines is 1. The molecule has 2 aromatic carbocycles. The molecule has 0 saturated carbocycles. The Labute approximate surface area is 158 Å². The quantitative estimate of drug-likeness (QED) is 0.595. The monoisotopic (exact) mass is 387 g/mol. The lowest BCUT2D eigenvalue weighted by Crippen LogP contribution is -2.37. The zero-order chi connectivity index (χ0) is 19.2. The van der Waals surface area contributed by atoms with E-state index in [1.165, 1.54) is 6.07 Å². The highest BCUT2D eigenvalue weighted by molar-refractivity contribution is 7.89. The third-order valence-corrected chi connectivity index (χ3v) is 7.39. The van der Waals surface area contributed by atoms with E-state index in [0.717, 1.165) is 24.2 Å². The number of nitro benzene ring substituents is 1. The van der Waals surface area contributed by atoms with Crippen LogP contribution in [0.1, 0.15) is 12.0 Å². The molecule has 2 aliphatic rings. The molecule has 0 aromatic heterocycles. The Morgan fingerprint density at radius 3 is 2.56 bits per heavy atom. The third kappa shape index (κ3) is 3.19. The van der Waals surface area contributed by atoms with Gasteiger partial charge < -0.3 is 4.90 Å². The Morgan fingerprint density at radius 2 is 1.85 bits per heavy atom. The number of rotatable bonds is 4. The SMILES string of the molecule is Cc1ccc(S(=O)(=O)N2C[C@H]3CCN(c4cccc([N+](=O)[O-])c4)[C@H]3C2)cc1. The van der Waals surface area contributed by atoms with Gasteiger partial charge in [-0.1, -0.05) is 23.8 Å². The Morgan fingerprint density at radius 1 is 1.11 bits per heavy atom. The van der Waals surface area contributed by atoms with Crippen LogP contribution in [0, 0.1) is 23.0 Å². The molecule has 0 spiro atoms. The predicted molar refractivity (Wildman–Crippen MR) is 102 cm³/mol. The minimum absolute atomic E-state index is 0.0484. The normalized spacial score (nSPS) is 22.8. The first-order valence-electron chi connectivity index (χ1n) is 8.94. The molecule has 2 aliphatic heterocycles. The highest BCUT2D eigenvalue weighted by atomic mass is 32.2. The summed E-state index contributed by atoms with van der Waals surface area (Å²) in [5.74, 6) is 0.240. The van der Waals surface area contributed by atoms with Crippen LogP contribution in [0.4, 0.5) is 11.4 Å². The van der Waals surface area contributed by atoms with Crippen LogP contribution in [0.5, 0.6) is 0 Å². The summed E-state index contributed by atoms with van der Waals surface area (Å²) in [6.45, 7) is 3.61. The van der Waals surface area contributed by atoms with Crippen LogP contribution in [-0.4, -0.2) is 43.3 Å². The summed E-state index contributed by atoms with van der Waals surface area (Å²) in [6.07, 6.45) is 0.882. The fraction of sp³-hybridized carbons (Fsp3) is 0.368. The van der Waals surface area contributed by atoms with Crippen molar-refractivity contribution in [2.45, 2.75) is 24.3 Å². The lowest BCUT2D eigenvalue weighted by Gasteiger charge is -2.26. The summed E-state index contributed by atoms with van der Waals surface area (Å²) in [5, 5.41) is 11.1. The smallest absolute Gasteiger partial charge is 0.271 e. The first-order chi connectivity index (χ1) is 12.9. The average Bonchev–Trinajstić information content (AvgIpc) is 3.23. The molecule has 2 saturated heterocycles. The van der Waals surface area contributed by atoms with Crippen LogP contribution in [0.3, 0.4) is 0 Å². The van der Waals surface area contributed by atoms with Gasteiger partial charge in [-0.05, 0) is 37.5 Å². The zero-order valence-electron chi connectivity index (χ0n) is 15.0. The molecule has 0 bridgehead atoms. The number of nitrogens with zero attached hydrogens (tertiary/aromatic N) is 3. The summed E-state index contributed by atoms with van der Waals surface area (Å²) in [5.41, 5.74) is 1.86. The van der Waals surface area contributed by atoms with Crippen molar-refractivity contribution in [3.63, 3.8) is 0 Å². The van der Waals surface area contributed by atoms with E-state index in [1.54, 1.807) is 40.7 Å². The second-order valence-electron chi connectivity index (χ2n) is 7.22. The fourth-order valence-electron chi connectivity index (χ4n) is 4.08. The molecule has 2 atom stereocenters. The maximum absolute atomic E-state index is 13.0. The summed E-state index contributed by atoms with van der Waals surface area (Å²) in [7, 11) is -3.53. The van der Waals surface area contributed by atoms with E-state index in [2.05, 4.69) is 4.90 Å². The molecule has 2 fully saturated rings. The first-order valence-corrected chi connectivity index (χ1v) is 10.4. The molecule has 0 amide bonds. The average molecular weight is 387 g/mol. The fourth-order valence-corrected chi connectivity index (χ4v) is 5.60. The molecule has 2 aromatic rings. The largest absolute Gasteiger partial charge is 0.367 e. The molecular weight excluding hydrogens is 366 g/mol. The lowest BCUT2D eigenvalue weighted by molar-refractivity contribution is -0.384. The number of non-ortho nitro benzene ring substituents is 1. The highest BCUT2D eigenvalue weighted by Crippen LogP contribution is 2.38. The number of hydrogen-bond acceptors (Lipinski definition) is 5. The third-order valence-electron chi connectivity index (χ3n) is 5.55. The number of hydrogen-bond donors (Lipinski definition) is 0. The number of benzene rings is 2. The van der Waals surface area contributed by atoms with E-state index in [0.29, 0.717) is 18.0 Å². The standard InChI is InChI=1S/C19H21N3O4S/c1-14-5-7-18(8-6-14)27(25,26)20-12-15-9-10-21(19(15)13-20)16-3-2-4-17(11-16)22(23)24/h2-8,11,15,19H,9-10,12-13H2,1H3/t15-,19+/m1/s1. The number of aryl methyl sites for hydroxylation is 1. The van der Waals surface area contributed by atoms with Crippen molar-refractivity contribution in [3.05, 3.63) is 64.2 Å². The van der Waals surface area contributed by atoms with Crippen molar-refractivity contribution in [3.8, 4) is 0 Å². The van der Waals surface area contributed by atoms with Crippen molar-refractivity contribution >= 4 is 21.4 Å². The van der Waals surface area contributed by atoms with Crippen molar-refractivity contribution in [1.29, 1.82) is 0 Å². The van der Waals surface area contributed by atoms with Gasteiger partial charge in [-0.2, -0.15) is 4.31 Å². The highest BCUT2D eigenvalue weighted by Gasteiger charge is 2.45. The number of sulfonamides is 1. The van der Waals surface area contributed by atoms with Crippen LogP contribution in [0.2, 0.25) is 0 Å². The van der Waals surface area contributed by atoms with E-state index in [4.69, 9.17) is 0 Å². The molecule has 0 unspecified atom stereocenters. The maximum Gasteiger partial charge on any atom is 0.271 e. The zero-order valence-corrected chi connectivity index (χ0v) is 15.8. The van der Waals surface area contributed by atoms with E-state index < -0.39 is 14.9 Å². The Hall–Kier alpha value is -2.45. The summed E-state index contributed by atoms with van der Waals surface area (Å²) >= 11 is 0. The maximum atomic E-state index is 13.0. The van der Waals surface area contributed by atoms with Gasteiger partial charge in [0.25, 0.3) is 5.69 Å². The molecule has 27 heavy (non-hydrogen) atoms. The van der Waals surface area contributed by atoms with Gasteiger partial charge >= 0.3 is 0 Å². The number of fused-ring (bicyclic) bond motifs is 1. The van der Waals surface area contributed by atoms with Crippen molar-refractivity contribution in [2.24, 2.45) is 5.92 Å². The first kappa shape index (κ1) is 17.9. The van der Waals surface area contributed by atoms with E-state index >= 15 is 0 Å². The summed E-state index contributed by atoms with van der Waals surface area (Å²) < 4.78 is 27.5. The molecule has 142 valence electrons. The molecule has 8 heteroatoms. The van der Waals surface area contributed by atoms with Gasteiger partial charge in [0.2, 0.25) is 10.0 Å². The van der Waals surface area contributed by atoms with Gasteiger partial charge in [-0.15, -0.1) is 0 Å². The molecule has 0 radical (unpaired) electrons.